The first-order valence-electron chi connectivity index (χ1n) is 5.94. The van der Waals surface area contributed by atoms with Crippen molar-refractivity contribution in [2.45, 2.75) is 0 Å². The third-order valence-electron chi connectivity index (χ3n) is 2.75. The molecule has 3 nitrogen and oxygen atoms in total. The zero-order valence-electron chi connectivity index (χ0n) is 10.5. The molecule has 0 fully saturated rings. The third kappa shape index (κ3) is 3.65. The average molecular weight is 330 g/mol. The van der Waals surface area contributed by atoms with Gasteiger partial charge in [-0.25, -0.2) is 0 Å². The minimum Gasteiger partial charge on any atom is -0.366 e. The molecule has 0 bridgehead atoms. The summed E-state index contributed by atoms with van der Waals surface area (Å²) < 4.78 is 0.931. The van der Waals surface area contributed by atoms with Crippen LogP contribution in [0, 0.1) is 0 Å². The lowest BCUT2D eigenvalue weighted by atomic mass is 10.1. The normalized spacial score (nSPS) is 10.7. The van der Waals surface area contributed by atoms with Gasteiger partial charge in [0.25, 0.3) is 0 Å². The number of carbonyl (C=O) groups excluding carboxylic acids is 2. The Morgan fingerprint density at radius 1 is 0.900 bits per heavy atom. The Morgan fingerprint density at radius 3 is 2.00 bits per heavy atom. The fraction of sp³-hybridized carbons (Fsp3) is 0. The largest absolute Gasteiger partial charge is 0.366 e. The van der Waals surface area contributed by atoms with Crippen LogP contribution in [-0.4, -0.2) is 11.7 Å². The van der Waals surface area contributed by atoms with Crippen LogP contribution in [0.3, 0.4) is 0 Å². The first-order valence-corrected chi connectivity index (χ1v) is 6.73. The van der Waals surface area contributed by atoms with Gasteiger partial charge in [-0.3, -0.25) is 9.59 Å². The molecule has 0 saturated heterocycles. The van der Waals surface area contributed by atoms with Crippen LogP contribution >= 0.6 is 15.9 Å². The molecule has 2 aromatic carbocycles. The van der Waals surface area contributed by atoms with E-state index in [1.807, 2.05) is 12.1 Å². The summed E-state index contributed by atoms with van der Waals surface area (Å²) in [6.45, 7) is 0. The molecule has 0 spiro atoms. The van der Waals surface area contributed by atoms with E-state index < -0.39 is 5.91 Å². The quantitative estimate of drug-likeness (QED) is 0.689. The lowest BCUT2D eigenvalue weighted by molar-refractivity contribution is 0.0998. The molecule has 100 valence electrons. The van der Waals surface area contributed by atoms with E-state index in [0.29, 0.717) is 11.1 Å². The Bertz CT molecular complexity index is 658. The number of primary amides is 1. The molecule has 4 heteroatoms. The average Bonchev–Trinajstić information content (AvgIpc) is 2.46. The van der Waals surface area contributed by atoms with Crippen molar-refractivity contribution in [2.24, 2.45) is 5.73 Å². The Morgan fingerprint density at radius 2 is 1.45 bits per heavy atom. The molecule has 2 N–H and O–H groups in total. The number of hydrogen-bond acceptors (Lipinski definition) is 2. The summed E-state index contributed by atoms with van der Waals surface area (Å²) >= 11 is 3.32. The first kappa shape index (κ1) is 14.2. The lowest BCUT2D eigenvalue weighted by Gasteiger charge is -1.98. The zero-order chi connectivity index (χ0) is 14.5. The van der Waals surface area contributed by atoms with Crippen LogP contribution in [0.15, 0.2) is 59.1 Å². The highest BCUT2D eigenvalue weighted by Gasteiger charge is 2.01. The summed E-state index contributed by atoms with van der Waals surface area (Å²) in [6.07, 6.45) is 3.21. The van der Waals surface area contributed by atoms with Crippen LogP contribution < -0.4 is 5.73 Å². The molecule has 2 aromatic rings. The topological polar surface area (TPSA) is 60.2 Å². The highest BCUT2D eigenvalue weighted by atomic mass is 79.9. The summed E-state index contributed by atoms with van der Waals surface area (Å²) in [4.78, 5) is 22.9. The second-order valence-corrected chi connectivity index (χ2v) is 5.11. The van der Waals surface area contributed by atoms with E-state index in [4.69, 9.17) is 5.73 Å². The van der Waals surface area contributed by atoms with Gasteiger partial charge in [-0.1, -0.05) is 34.1 Å². The second kappa shape index (κ2) is 6.30. The van der Waals surface area contributed by atoms with Crippen molar-refractivity contribution in [3.05, 3.63) is 75.8 Å². The first-order chi connectivity index (χ1) is 9.56. The Balaban J connectivity index is 2.10. The molecule has 0 radical (unpaired) electrons. The van der Waals surface area contributed by atoms with Gasteiger partial charge in [0.15, 0.2) is 5.78 Å². The van der Waals surface area contributed by atoms with Crippen LogP contribution in [0.1, 0.15) is 26.3 Å². The Labute approximate surface area is 125 Å². The van der Waals surface area contributed by atoms with Gasteiger partial charge in [-0.15, -0.1) is 0 Å². The third-order valence-corrected chi connectivity index (χ3v) is 3.28. The van der Waals surface area contributed by atoms with Gasteiger partial charge in [-0.05, 0) is 48.0 Å². The summed E-state index contributed by atoms with van der Waals surface area (Å²) in [5.41, 5.74) is 7.06. The number of ketones is 1. The molecule has 0 heterocycles. The van der Waals surface area contributed by atoms with Gasteiger partial charge in [0.1, 0.15) is 0 Å². The number of nitrogens with two attached hydrogens (primary N) is 1. The van der Waals surface area contributed by atoms with Crippen LogP contribution in [0.5, 0.6) is 0 Å². The number of allylic oxidation sites excluding steroid dienone is 1. The maximum atomic E-state index is 11.9. The van der Waals surface area contributed by atoms with Gasteiger partial charge in [-0.2, -0.15) is 0 Å². The van der Waals surface area contributed by atoms with Gasteiger partial charge >= 0.3 is 0 Å². The summed E-state index contributed by atoms with van der Waals surface area (Å²) in [5, 5.41) is 0. The van der Waals surface area contributed by atoms with Crippen molar-refractivity contribution in [2.75, 3.05) is 0 Å². The van der Waals surface area contributed by atoms with Crippen molar-refractivity contribution < 1.29 is 9.59 Å². The zero-order valence-corrected chi connectivity index (χ0v) is 12.1. The number of halogens is 1. The summed E-state index contributed by atoms with van der Waals surface area (Å²) in [7, 11) is 0. The highest BCUT2D eigenvalue weighted by molar-refractivity contribution is 9.10. The number of benzene rings is 2. The molecule has 1 amide bonds. The number of rotatable bonds is 4. The molecule has 2 rings (SSSR count). The van der Waals surface area contributed by atoms with Crippen molar-refractivity contribution in [3.8, 4) is 0 Å². The second-order valence-electron chi connectivity index (χ2n) is 4.19. The van der Waals surface area contributed by atoms with E-state index >= 15 is 0 Å². The van der Waals surface area contributed by atoms with Crippen LogP contribution in [0.25, 0.3) is 6.08 Å². The number of hydrogen-bond donors (Lipinski definition) is 1. The maximum absolute atomic E-state index is 11.9. The van der Waals surface area contributed by atoms with Gasteiger partial charge in [0.05, 0.1) is 0 Å². The lowest BCUT2D eigenvalue weighted by Crippen LogP contribution is -2.10. The smallest absolute Gasteiger partial charge is 0.248 e. The molecule has 0 aliphatic rings. The van der Waals surface area contributed by atoms with E-state index in [1.54, 1.807) is 42.5 Å². The Kier molecular flexibility index (Phi) is 4.48. The van der Waals surface area contributed by atoms with E-state index in [-0.39, 0.29) is 5.78 Å². The molecular formula is C16H12BrNO2. The van der Waals surface area contributed by atoms with Crippen LogP contribution in [0.2, 0.25) is 0 Å². The summed E-state index contributed by atoms with van der Waals surface area (Å²) in [6, 6.07) is 13.9. The minimum absolute atomic E-state index is 0.0727. The standard InChI is InChI=1S/C16H12BrNO2/c17-14-8-6-12(7-9-14)15(19)10-3-11-1-4-13(5-2-11)16(18)20/h1-10H,(H2,18,20)/b10-3+. The number of carbonyl (C=O) groups is 2. The Hall–Kier alpha value is -2.20. The van der Waals surface area contributed by atoms with Crippen molar-refractivity contribution >= 4 is 33.7 Å². The molecule has 0 aliphatic carbocycles. The number of amides is 1. The molecule has 0 unspecified atom stereocenters. The SMILES string of the molecule is NC(=O)c1ccc(/C=C/C(=O)c2ccc(Br)cc2)cc1. The molecule has 20 heavy (non-hydrogen) atoms. The van der Waals surface area contributed by atoms with Gasteiger partial charge in [0, 0.05) is 15.6 Å². The van der Waals surface area contributed by atoms with E-state index in [9.17, 15) is 9.59 Å². The van der Waals surface area contributed by atoms with Crippen LogP contribution in [-0.2, 0) is 0 Å². The van der Waals surface area contributed by atoms with Gasteiger partial charge in [0.2, 0.25) is 5.91 Å². The summed E-state index contributed by atoms with van der Waals surface area (Å²) in [5.74, 6) is -0.539. The molecular weight excluding hydrogens is 318 g/mol. The fourth-order valence-electron chi connectivity index (χ4n) is 1.64. The minimum atomic E-state index is -0.466. The highest BCUT2D eigenvalue weighted by Crippen LogP contribution is 2.12. The van der Waals surface area contributed by atoms with E-state index in [2.05, 4.69) is 15.9 Å². The predicted octanol–water partition coefficient (Wildman–Crippen LogP) is 3.44. The van der Waals surface area contributed by atoms with E-state index in [0.717, 1.165) is 10.0 Å². The predicted molar refractivity (Wildman–Crippen MR) is 82.5 cm³/mol. The maximum Gasteiger partial charge on any atom is 0.248 e. The van der Waals surface area contributed by atoms with Crippen molar-refractivity contribution in [1.82, 2.24) is 0 Å². The monoisotopic (exact) mass is 329 g/mol. The van der Waals surface area contributed by atoms with E-state index in [1.165, 1.54) is 6.08 Å². The van der Waals surface area contributed by atoms with Gasteiger partial charge < -0.3 is 5.73 Å². The molecule has 0 saturated carbocycles. The van der Waals surface area contributed by atoms with Crippen molar-refractivity contribution in [1.29, 1.82) is 0 Å². The fourth-order valence-corrected chi connectivity index (χ4v) is 1.91. The molecule has 0 aromatic heterocycles. The molecule has 0 aliphatic heterocycles. The van der Waals surface area contributed by atoms with Crippen molar-refractivity contribution in [3.63, 3.8) is 0 Å². The van der Waals surface area contributed by atoms with Crippen LogP contribution in [0.4, 0.5) is 0 Å². The molecule has 0 atom stereocenters.